The molecule has 0 spiro atoms. The molecule has 0 radical (unpaired) electrons. The van der Waals surface area contributed by atoms with Gasteiger partial charge >= 0.3 is 0 Å². The second-order valence-corrected chi connectivity index (χ2v) is 6.02. The zero-order chi connectivity index (χ0) is 16.8. The fraction of sp³-hybridized carbons (Fsp3) is 0.176. The predicted molar refractivity (Wildman–Crippen MR) is 92.6 cm³/mol. The molecule has 0 aliphatic heterocycles. The molecule has 0 saturated carbocycles. The number of amides is 2. The average Bonchev–Trinajstić information content (AvgIpc) is 2.54. The molecule has 120 valence electrons. The minimum Gasteiger partial charge on any atom is -0.394 e. The molecule has 1 atom stereocenters. The van der Waals surface area contributed by atoms with Crippen molar-refractivity contribution in [1.82, 2.24) is 5.32 Å². The Morgan fingerprint density at radius 3 is 2.39 bits per heavy atom. The third kappa shape index (κ3) is 4.91. The number of aliphatic hydroxyl groups is 1. The van der Waals surface area contributed by atoms with Gasteiger partial charge in [-0.15, -0.1) is 0 Å². The van der Waals surface area contributed by atoms with Gasteiger partial charge in [0.25, 0.3) is 11.8 Å². The SMILES string of the molecule is CC(CO)NC(=O)c1cccc(NC(=O)c2cccc(Br)c2)c1. The number of anilines is 1. The molecule has 0 aliphatic rings. The molecule has 1 unspecified atom stereocenters. The van der Waals surface area contributed by atoms with Crippen molar-refractivity contribution >= 4 is 33.4 Å². The van der Waals surface area contributed by atoms with Crippen LogP contribution in [0.4, 0.5) is 5.69 Å². The van der Waals surface area contributed by atoms with Crippen LogP contribution in [-0.4, -0.2) is 29.6 Å². The van der Waals surface area contributed by atoms with E-state index in [2.05, 4.69) is 26.6 Å². The van der Waals surface area contributed by atoms with Gasteiger partial charge in [-0.25, -0.2) is 0 Å². The monoisotopic (exact) mass is 376 g/mol. The molecule has 3 N–H and O–H groups in total. The fourth-order valence-corrected chi connectivity index (χ4v) is 2.32. The van der Waals surface area contributed by atoms with Crippen molar-refractivity contribution < 1.29 is 14.7 Å². The molecule has 23 heavy (non-hydrogen) atoms. The van der Waals surface area contributed by atoms with E-state index < -0.39 is 0 Å². The summed E-state index contributed by atoms with van der Waals surface area (Å²) < 4.78 is 0.816. The van der Waals surface area contributed by atoms with E-state index in [1.807, 2.05) is 6.07 Å². The van der Waals surface area contributed by atoms with Gasteiger partial charge in [-0.1, -0.05) is 28.1 Å². The maximum absolute atomic E-state index is 12.2. The minimum atomic E-state index is -0.331. The molecule has 2 aromatic carbocycles. The summed E-state index contributed by atoms with van der Waals surface area (Å²) >= 11 is 3.32. The molecular weight excluding hydrogens is 360 g/mol. The Bertz CT molecular complexity index is 718. The van der Waals surface area contributed by atoms with Crippen LogP contribution < -0.4 is 10.6 Å². The summed E-state index contributed by atoms with van der Waals surface area (Å²) in [4.78, 5) is 24.2. The number of aliphatic hydroxyl groups excluding tert-OH is 1. The lowest BCUT2D eigenvalue weighted by atomic mass is 10.1. The van der Waals surface area contributed by atoms with E-state index in [9.17, 15) is 9.59 Å². The van der Waals surface area contributed by atoms with Gasteiger partial charge in [-0.05, 0) is 43.3 Å². The number of hydrogen-bond acceptors (Lipinski definition) is 3. The quantitative estimate of drug-likeness (QED) is 0.750. The topological polar surface area (TPSA) is 78.4 Å². The number of hydrogen-bond donors (Lipinski definition) is 3. The summed E-state index contributed by atoms with van der Waals surface area (Å²) in [6, 6.07) is 13.3. The lowest BCUT2D eigenvalue weighted by molar-refractivity contribution is 0.0921. The highest BCUT2D eigenvalue weighted by atomic mass is 79.9. The van der Waals surface area contributed by atoms with Crippen molar-refractivity contribution in [2.45, 2.75) is 13.0 Å². The van der Waals surface area contributed by atoms with Crippen LogP contribution in [0.2, 0.25) is 0 Å². The second kappa shape index (κ2) is 7.89. The van der Waals surface area contributed by atoms with Gasteiger partial charge in [0.05, 0.1) is 6.61 Å². The van der Waals surface area contributed by atoms with Crippen molar-refractivity contribution in [3.8, 4) is 0 Å². The third-order valence-corrected chi connectivity index (χ3v) is 3.61. The second-order valence-electron chi connectivity index (χ2n) is 5.10. The average molecular weight is 377 g/mol. The summed E-state index contributed by atoms with van der Waals surface area (Å²) in [5.74, 6) is -0.558. The standard InChI is InChI=1S/C17H17BrN2O3/c1-11(10-21)19-16(22)13-5-3-7-15(9-13)20-17(23)12-4-2-6-14(18)8-12/h2-9,11,21H,10H2,1H3,(H,19,22)(H,20,23). The molecule has 5 nitrogen and oxygen atoms in total. The van der Waals surface area contributed by atoms with Crippen molar-refractivity contribution in [1.29, 1.82) is 0 Å². The minimum absolute atomic E-state index is 0.134. The number of nitrogens with one attached hydrogen (secondary N) is 2. The molecule has 0 saturated heterocycles. The van der Waals surface area contributed by atoms with Crippen molar-refractivity contribution in [3.05, 3.63) is 64.1 Å². The van der Waals surface area contributed by atoms with Crippen LogP contribution >= 0.6 is 15.9 Å². The zero-order valence-electron chi connectivity index (χ0n) is 12.5. The number of halogens is 1. The van der Waals surface area contributed by atoms with Gasteiger partial charge < -0.3 is 15.7 Å². The molecule has 6 heteroatoms. The van der Waals surface area contributed by atoms with E-state index in [1.54, 1.807) is 49.4 Å². The molecule has 0 aliphatic carbocycles. The van der Waals surface area contributed by atoms with E-state index in [1.165, 1.54) is 0 Å². The smallest absolute Gasteiger partial charge is 0.255 e. The Morgan fingerprint density at radius 1 is 1.09 bits per heavy atom. The van der Waals surface area contributed by atoms with E-state index in [0.717, 1.165) is 4.47 Å². The van der Waals surface area contributed by atoms with Gasteiger partial charge in [0, 0.05) is 27.3 Å². The Kier molecular flexibility index (Phi) is 5.90. The van der Waals surface area contributed by atoms with E-state index in [0.29, 0.717) is 16.8 Å². The number of benzene rings is 2. The lowest BCUT2D eigenvalue weighted by Gasteiger charge is -2.12. The molecular formula is C17H17BrN2O3. The number of carbonyl (C=O) groups is 2. The van der Waals surface area contributed by atoms with Crippen molar-refractivity contribution in [2.24, 2.45) is 0 Å². The summed E-state index contributed by atoms with van der Waals surface area (Å²) in [5.41, 5.74) is 1.46. The fourth-order valence-electron chi connectivity index (χ4n) is 1.92. The maximum Gasteiger partial charge on any atom is 0.255 e. The van der Waals surface area contributed by atoms with Crippen LogP contribution in [0.1, 0.15) is 27.6 Å². The first kappa shape index (κ1) is 17.2. The molecule has 2 amide bonds. The summed E-state index contributed by atoms with van der Waals surface area (Å²) in [6.07, 6.45) is 0. The highest BCUT2D eigenvalue weighted by molar-refractivity contribution is 9.10. The molecule has 2 aromatic rings. The number of carbonyl (C=O) groups excluding carboxylic acids is 2. The van der Waals surface area contributed by atoms with Gasteiger partial charge in [-0.3, -0.25) is 9.59 Å². The molecule has 2 rings (SSSR count). The highest BCUT2D eigenvalue weighted by Gasteiger charge is 2.11. The van der Waals surface area contributed by atoms with Gasteiger partial charge in [0.1, 0.15) is 0 Å². The van der Waals surface area contributed by atoms with E-state index in [4.69, 9.17) is 5.11 Å². The van der Waals surface area contributed by atoms with E-state index >= 15 is 0 Å². The molecule has 0 fully saturated rings. The van der Waals surface area contributed by atoms with E-state index in [-0.39, 0.29) is 24.5 Å². The van der Waals surface area contributed by atoms with Gasteiger partial charge in [0.15, 0.2) is 0 Å². The maximum atomic E-state index is 12.2. The molecule has 0 aromatic heterocycles. The van der Waals surface area contributed by atoms with Crippen molar-refractivity contribution in [2.75, 3.05) is 11.9 Å². The first-order chi connectivity index (χ1) is 11.0. The first-order valence-electron chi connectivity index (χ1n) is 7.08. The van der Waals surface area contributed by atoms with Crippen molar-refractivity contribution in [3.63, 3.8) is 0 Å². The van der Waals surface area contributed by atoms with Crippen LogP contribution in [0.25, 0.3) is 0 Å². The number of rotatable bonds is 5. The van der Waals surface area contributed by atoms with Crippen LogP contribution in [0.15, 0.2) is 53.0 Å². The highest BCUT2D eigenvalue weighted by Crippen LogP contribution is 2.15. The summed E-state index contributed by atoms with van der Waals surface area (Å²) in [6.45, 7) is 1.57. The molecule has 0 bridgehead atoms. The van der Waals surface area contributed by atoms with Crippen LogP contribution in [-0.2, 0) is 0 Å². The lowest BCUT2D eigenvalue weighted by Crippen LogP contribution is -2.35. The van der Waals surface area contributed by atoms with Crippen LogP contribution in [0.5, 0.6) is 0 Å². The zero-order valence-corrected chi connectivity index (χ0v) is 14.1. The van der Waals surface area contributed by atoms with Crippen LogP contribution in [0, 0.1) is 0 Å². The molecule has 0 heterocycles. The third-order valence-electron chi connectivity index (χ3n) is 3.12. The summed E-state index contributed by atoms with van der Waals surface area (Å²) in [5, 5.41) is 14.4. The predicted octanol–water partition coefficient (Wildman–Crippen LogP) is 2.81. The Hall–Kier alpha value is -2.18. The van der Waals surface area contributed by atoms with Crippen LogP contribution in [0.3, 0.4) is 0 Å². The Balaban J connectivity index is 2.11. The Labute approximate surface area is 142 Å². The normalized spacial score (nSPS) is 11.6. The largest absolute Gasteiger partial charge is 0.394 e. The van der Waals surface area contributed by atoms with Gasteiger partial charge in [-0.2, -0.15) is 0 Å². The van der Waals surface area contributed by atoms with Gasteiger partial charge in [0.2, 0.25) is 0 Å². The first-order valence-corrected chi connectivity index (χ1v) is 7.87. The summed E-state index contributed by atoms with van der Waals surface area (Å²) in [7, 11) is 0. The Morgan fingerprint density at radius 2 is 1.74 bits per heavy atom.